The first-order chi connectivity index (χ1) is 15.8. The van der Waals surface area contributed by atoms with Crippen molar-refractivity contribution in [3.8, 4) is 11.5 Å². The summed E-state index contributed by atoms with van der Waals surface area (Å²) >= 11 is 0. The summed E-state index contributed by atoms with van der Waals surface area (Å²) in [5.74, 6) is 0.477. The Morgan fingerprint density at radius 1 is 0.848 bits per heavy atom. The summed E-state index contributed by atoms with van der Waals surface area (Å²) < 4.78 is 49.2. The van der Waals surface area contributed by atoms with Gasteiger partial charge in [-0.15, -0.1) is 0 Å². The zero-order chi connectivity index (χ0) is 23.4. The van der Waals surface area contributed by atoms with Crippen molar-refractivity contribution in [3.05, 3.63) is 83.4 Å². The lowest BCUT2D eigenvalue weighted by Gasteiger charge is -2.11. The van der Waals surface area contributed by atoms with Gasteiger partial charge in [-0.25, -0.2) is 0 Å². The fourth-order valence-electron chi connectivity index (χ4n) is 3.29. The highest BCUT2D eigenvalue weighted by Gasteiger charge is 2.30. The summed E-state index contributed by atoms with van der Waals surface area (Å²) in [6, 6.07) is 16.0. The number of aryl methyl sites for hydroxylation is 1. The lowest BCUT2D eigenvalue weighted by atomic mass is 10.1. The van der Waals surface area contributed by atoms with Gasteiger partial charge in [-0.05, 0) is 60.5 Å². The highest BCUT2D eigenvalue weighted by atomic mass is 19.4. The fourth-order valence-corrected chi connectivity index (χ4v) is 3.29. The monoisotopic (exact) mass is 456 g/mol. The van der Waals surface area contributed by atoms with Crippen molar-refractivity contribution < 1.29 is 32.2 Å². The second kappa shape index (κ2) is 9.23. The van der Waals surface area contributed by atoms with Gasteiger partial charge in [0.25, 0.3) is 5.91 Å². The van der Waals surface area contributed by atoms with Crippen LogP contribution in [0.25, 0.3) is 0 Å². The van der Waals surface area contributed by atoms with Crippen LogP contribution in [0.3, 0.4) is 0 Å². The van der Waals surface area contributed by atoms with Crippen molar-refractivity contribution in [1.29, 1.82) is 0 Å². The lowest BCUT2D eigenvalue weighted by molar-refractivity contribution is -0.137. The van der Waals surface area contributed by atoms with Crippen LogP contribution >= 0.6 is 0 Å². The van der Waals surface area contributed by atoms with Crippen molar-refractivity contribution in [1.82, 2.24) is 0 Å². The number of carbonyl (C=O) groups is 2. The number of ether oxygens (including phenoxy) is 2. The summed E-state index contributed by atoms with van der Waals surface area (Å²) in [6.07, 6.45) is -3.82. The normalized spacial score (nSPS) is 12.3. The second-order valence-electron chi connectivity index (χ2n) is 7.35. The van der Waals surface area contributed by atoms with Gasteiger partial charge in [0.15, 0.2) is 11.5 Å². The second-order valence-corrected chi connectivity index (χ2v) is 7.35. The van der Waals surface area contributed by atoms with Crippen molar-refractivity contribution in [2.24, 2.45) is 0 Å². The van der Waals surface area contributed by atoms with Gasteiger partial charge in [-0.2, -0.15) is 13.2 Å². The Morgan fingerprint density at radius 3 is 2.36 bits per heavy atom. The third kappa shape index (κ3) is 5.62. The number of amides is 2. The first-order valence-electron chi connectivity index (χ1n) is 10.0. The Bertz CT molecular complexity index is 1190. The third-order valence-corrected chi connectivity index (χ3v) is 4.93. The molecule has 6 nitrogen and oxygen atoms in total. The van der Waals surface area contributed by atoms with Crippen LogP contribution in [-0.2, 0) is 17.4 Å². The molecule has 0 spiro atoms. The molecule has 9 heteroatoms. The molecule has 2 N–H and O–H groups in total. The maximum atomic E-state index is 12.9. The van der Waals surface area contributed by atoms with E-state index in [1.165, 1.54) is 24.3 Å². The first kappa shape index (κ1) is 22.2. The molecule has 0 radical (unpaired) electrons. The molecule has 1 aliphatic rings. The van der Waals surface area contributed by atoms with E-state index in [0.29, 0.717) is 23.6 Å². The van der Waals surface area contributed by atoms with Crippen molar-refractivity contribution >= 4 is 23.2 Å². The van der Waals surface area contributed by atoms with Crippen molar-refractivity contribution in [2.45, 2.75) is 19.0 Å². The van der Waals surface area contributed by atoms with Crippen LogP contribution in [0, 0.1) is 0 Å². The molecule has 4 rings (SSSR count). The van der Waals surface area contributed by atoms with Gasteiger partial charge >= 0.3 is 6.18 Å². The summed E-state index contributed by atoms with van der Waals surface area (Å²) in [5.41, 5.74) is 0.684. The van der Waals surface area contributed by atoms with E-state index in [-0.39, 0.29) is 30.4 Å². The van der Waals surface area contributed by atoms with Crippen molar-refractivity contribution in [2.75, 3.05) is 17.4 Å². The maximum absolute atomic E-state index is 12.9. The molecule has 3 aromatic rings. The van der Waals surface area contributed by atoms with Crippen LogP contribution in [0.5, 0.6) is 11.5 Å². The summed E-state index contributed by atoms with van der Waals surface area (Å²) in [6.45, 7) is 0.178. The predicted molar refractivity (Wildman–Crippen MR) is 115 cm³/mol. The van der Waals surface area contributed by atoms with E-state index in [2.05, 4.69) is 10.6 Å². The first-order valence-corrected chi connectivity index (χ1v) is 10.0. The molecule has 0 fully saturated rings. The van der Waals surface area contributed by atoms with E-state index in [4.69, 9.17) is 9.47 Å². The smallest absolute Gasteiger partial charge is 0.416 e. The highest BCUT2D eigenvalue weighted by Crippen LogP contribution is 2.33. The minimum absolute atomic E-state index is 0.0213. The topological polar surface area (TPSA) is 76.7 Å². The van der Waals surface area contributed by atoms with E-state index in [0.717, 1.165) is 17.7 Å². The molecule has 3 aromatic carbocycles. The number of carbonyl (C=O) groups excluding carboxylic acids is 2. The summed E-state index contributed by atoms with van der Waals surface area (Å²) in [7, 11) is 0. The summed E-state index contributed by atoms with van der Waals surface area (Å²) in [4.78, 5) is 24.8. The number of hydrogen-bond donors (Lipinski definition) is 2. The number of fused-ring (bicyclic) bond motifs is 1. The largest absolute Gasteiger partial charge is 0.454 e. The standard InChI is InChI=1S/C24H19F3N2O4/c25-24(26,27)17-4-2-6-19(13-17)29-23(31)16-3-1-5-18(12-16)28-22(30)10-8-15-7-9-20-21(11-15)33-14-32-20/h1-7,9,11-13H,8,10,14H2,(H,28,30)(H,29,31). The van der Waals surface area contributed by atoms with Gasteiger partial charge in [0, 0.05) is 23.4 Å². The number of anilines is 2. The molecule has 0 aromatic heterocycles. The van der Waals surface area contributed by atoms with Gasteiger partial charge in [0.05, 0.1) is 5.56 Å². The molecule has 0 atom stereocenters. The number of halogens is 3. The minimum atomic E-state index is -4.51. The van der Waals surface area contributed by atoms with Crippen LogP contribution in [0.2, 0.25) is 0 Å². The van der Waals surface area contributed by atoms with E-state index in [9.17, 15) is 22.8 Å². The molecule has 0 unspecified atom stereocenters. The molecular weight excluding hydrogens is 437 g/mol. The van der Waals surface area contributed by atoms with Gasteiger partial charge in [0.1, 0.15) is 0 Å². The van der Waals surface area contributed by atoms with Crippen LogP contribution in [0.1, 0.15) is 27.9 Å². The molecule has 0 saturated heterocycles. The Labute approximate surface area is 187 Å². The molecule has 0 saturated carbocycles. The SMILES string of the molecule is O=C(CCc1ccc2c(c1)OCO2)Nc1cccc(C(=O)Nc2cccc(C(F)(F)F)c2)c1. The van der Waals surface area contributed by atoms with E-state index in [1.54, 1.807) is 18.2 Å². The van der Waals surface area contributed by atoms with Gasteiger partial charge in [0.2, 0.25) is 12.7 Å². The molecule has 0 bridgehead atoms. The van der Waals surface area contributed by atoms with E-state index >= 15 is 0 Å². The van der Waals surface area contributed by atoms with Crippen LogP contribution in [-0.4, -0.2) is 18.6 Å². The van der Waals surface area contributed by atoms with Gasteiger partial charge in [-0.3, -0.25) is 9.59 Å². The molecule has 33 heavy (non-hydrogen) atoms. The zero-order valence-electron chi connectivity index (χ0n) is 17.2. The number of nitrogens with one attached hydrogen (secondary N) is 2. The average molecular weight is 456 g/mol. The molecule has 170 valence electrons. The van der Waals surface area contributed by atoms with Gasteiger partial charge < -0.3 is 20.1 Å². The number of alkyl halides is 3. The zero-order valence-corrected chi connectivity index (χ0v) is 17.2. The van der Waals surface area contributed by atoms with Gasteiger partial charge in [-0.1, -0.05) is 18.2 Å². The minimum Gasteiger partial charge on any atom is -0.454 e. The highest BCUT2D eigenvalue weighted by molar-refractivity contribution is 6.05. The van der Waals surface area contributed by atoms with Crippen molar-refractivity contribution in [3.63, 3.8) is 0 Å². The molecule has 1 aliphatic heterocycles. The van der Waals surface area contributed by atoms with E-state index < -0.39 is 17.6 Å². The predicted octanol–water partition coefficient (Wildman–Crippen LogP) is 5.26. The third-order valence-electron chi connectivity index (χ3n) is 4.93. The molecule has 2 amide bonds. The molecular formula is C24H19F3N2O4. The van der Waals surface area contributed by atoms with E-state index in [1.807, 2.05) is 12.1 Å². The maximum Gasteiger partial charge on any atom is 0.416 e. The Hall–Kier alpha value is -4.01. The Kier molecular flexibility index (Phi) is 6.21. The van der Waals surface area contributed by atoms with Crippen LogP contribution in [0.15, 0.2) is 66.7 Å². The number of benzene rings is 3. The van der Waals surface area contributed by atoms with Crippen LogP contribution in [0.4, 0.5) is 24.5 Å². The number of rotatable bonds is 6. The van der Waals surface area contributed by atoms with Crippen LogP contribution < -0.4 is 20.1 Å². The average Bonchev–Trinajstić information content (AvgIpc) is 3.25. The Morgan fingerprint density at radius 2 is 1.58 bits per heavy atom. The molecule has 0 aliphatic carbocycles. The molecule has 1 heterocycles. The quantitative estimate of drug-likeness (QED) is 0.531. The number of hydrogen-bond acceptors (Lipinski definition) is 4. The summed E-state index contributed by atoms with van der Waals surface area (Å²) in [5, 5.41) is 5.17. The Balaban J connectivity index is 1.35. The fraction of sp³-hybridized carbons (Fsp3) is 0.167. The lowest BCUT2D eigenvalue weighted by Crippen LogP contribution is -2.15.